The van der Waals surface area contributed by atoms with Gasteiger partial charge >= 0.3 is 17.8 Å². The zero-order chi connectivity index (χ0) is 26.4. The summed E-state index contributed by atoms with van der Waals surface area (Å²) >= 11 is 6.21. The lowest BCUT2D eigenvalue weighted by atomic mass is 10.0. The number of nitro benzene ring substituents is 1. The van der Waals surface area contributed by atoms with Crippen LogP contribution in [0.2, 0.25) is 5.02 Å². The molecule has 1 heterocycles. The van der Waals surface area contributed by atoms with Gasteiger partial charge in [0.25, 0.3) is 5.69 Å². The second kappa shape index (κ2) is 11.5. The van der Waals surface area contributed by atoms with Gasteiger partial charge in [0.2, 0.25) is 0 Å². The Labute approximate surface area is 212 Å². The molecule has 188 valence electrons. The number of piperazine rings is 1. The molecular formula is C25H25ClN4O6. The topological polar surface area (TPSA) is 124 Å². The van der Waals surface area contributed by atoms with Crippen molar-refractivity contribution in [3.8, 4) is 0 Å². The third kappa shape index (κ3) is 5.72. The molecular weight excluding hydrogens is 488 g/mol. The maximum absolute atomic E-state index is 13.2. The maximum Gasteiger partial charge on any atom is 0.326 e. The number of hydrogen-bond donors (Lipinski definition) is 1. The third-order valence-corrected chi connectivity index (χ3v) is 5.99. The summed E-state index contributed by atoms with van der Waals surface area (Å²) in [5.41, 5.74) is 1.42. The zero-order valence-corrected chi connectivity index (χ0v) is 20.1. The number of hydrogen-bond acceptors (Lipinski definition) is 6. The molecule has 1 aliphatic heterocycles. The van der Waals surface area contributed by atoms with Crippen molar-refractivity contribution >= 4 is 46.4 Å². The van der Waals surface area contributed by atoms with Crippen LogP contribution in [0, 0.1) is 10.1 Å². The monoisotopic (exact) mass is 512 g/mol. The Hall–Kier alpha value is -4.18. The van der Waals surface area contributed by atoms with E-state index in [9.17, 15) is 29.6 Å². The van der Waals surface area contributed by atoms with Gasteiger partial charge in [-0.2, -0.15) is 0 Å². The number of anilines is 2. The van der Waals surface area contributed by atoms with Crippen LogP contribution in [0.1, 0.15) is 5.56 Å². The van der Waals surface area contributed by atoms with E-state index in [2.05, 4.69) is 13.2 Å². The molecule has 0 aromatic heterocycles. The Kier molecular flexibility index (Phi) is 8.44. The Morgan fingerprint density at radius 1 is 1.11 bits per heavy atom. The average Bonchev–Trinajstić information content (AvgIpc) is 2.84. The number of carboxylic acid groups (broad SMARTS) is 1. The predicted octanol–water partition coefficient (Wildman–Crippen LogP) is 3.30. The lowest BCUT2D eigenvalue weighted by Crippen LogP contribution is -2.59. The second-order valence-corrected chi connectivity index (χ2v) is 8.49. The molecule has 1 aliphatic rings. The number of rotatable bonds is 11. The fourth-order valence-corrected chi connectivity index (χ4v) is 4.21. The molecule has 0 aliphatic carbocycles. The van der Waals surface area contributed by atoms with E-state index in [0.717, 1.165) is 4.90 Å². The minimum absolute atomic E-state index is 0.0244. The van der Waals surface area contributed by atoms with E-state index in [-0.39, 0.29) is 25.2 Å². The zero-order valence-electron chi connectivity index (χ0n) is 19.4. The van der Waals surface area contributed by atoms with Crippen LogP contribution < -0.4 is 9.80 Å². The lowest BCUT2D eigenvalue weighted by Gasteiger charge is -2.38. The molecule has 1 N–H and O–H groups in total. The van der Waals surface area contributed by atoms with Gasteiger partial charge in [0, 0.05) is 49.8 Å². The minimum atomic E-state index is -1.32. The first-order valence-electron chi connectivity index (χ1n) is 11.0. The summed E-state index contributed by atoms with van der Waals surface area (Å²) in [5, 5.41) is 21.1. The van der Waals surface area contributed by atoms with Crippen molar-refractivity contribution in [2.24, 2.45) is 0 Å². The highest BCUT2D eigenvalue weighted by molar-refractivity contribution is 6.41. The van der Waals surface area contributed by atoms with Crippen LogP contribution in [0.15, 0.2) is 67.8 Å². The van der Waals surface area contributed by atoms with E-state index < -0.39 is 28.7 Å². The molecule has 1 unspecified atom stereocenters. The van der Waals surface area contributed by atoms with Crippen LogP contribution in [-0.2, 0) is 20.8 Å². The van der Waals surface area contributed by atoms with Gasteiger partial charge in [-0.3, -0.25) is 19.7 Å². The lowest BCUT2D eigenvalue weighted by molar-refractivity contribution is -0.384. The summed E-state index contributed by atoms with van der Waals surface area (Å²) < 4.78 is 0. The van der Waals surface area contributed by atoms with Gasteiger partial charge in [0.05, 0.1) is 16.3 Å². The molecule has 0 bridgehead atoms. The first-order chi connectivity index (χ1) is 17.2. The largest absolute Gasteiger partial charge is 0.480 e. The Morgan fingerprint density at radius 2 is 1.75 bits per heavy atom. The minimum Gasteiger partial charge on any atom is -0.480 e. The summed E-state index contributed by atoms with van der Waals surface area (Å²) in [5.74, 6) is -3.12. The first kappa shape index (κ1) is 26.4. The van der Waals surface area contributed by atoms with Crippen molar-refractivity contribution in [2.45, 2.75) is 12.5 Å². The molecule has 1 fully saturated rings. The van der Waals surface area contributed by atoms with Crippen LogP contribution in [0.3, 0.4) is 0 Å². The van der Waals surface area contributed by atoms with Crippen LogP contribution in [0.25, 0.3) is 0 Å². The molecule has 1 saturated heterocycles. The molecule has 0 saturated carbocycles. The molecule has 3 rings (SSSR count). The van der Waals surface area contributed by atoms with E-state index in [1.54, 1.807) is 30.4 Å². The second-order valence-electron chi connectivity index (χ2n) is 8.05. The van der Waals surface area contributed by atoms with Crippen molar-refractivity contribution in [1.29, 1.82) is 0 Å². The summed E-state index contributed by atoms with van der Waals surface area (Å²) in [6, 6.07) is 9.07. The van der Waals surface area contributed by atoms with Crippen LogP contribution in [0.4, 0.5) is 17.1 Å². The fraction of sp³-hybridized carbons (Fsp3) is 0.240. The van der Waals surface area contributed by atoms with Gasteiger partial charge in [0.1, 0.15) is 6.04 Å². The number of non-ortho nitro benzene ring substituents is 1. The van der Waals surface area contributed by atoms with Gasteiger partial charge in [-0.1, -0.05) is 35.9 Å². The smallest absolute Gasteiger partial charge is 0.326 e. The number of carboxylic acids is 1. The van der Waals surface area contributed by atoms with Gasteiger partial charge in [-0.15, -0.1) is 13.2 Å². The summed E-state index contributed by atoms with van der Waals surface area (Å²) in [6.45, 7) is 8.46. The number of carbonyl (C=O) groups is 3. The third-order valence-electron chi connectivity index (χ3n) is 5.76. The maximum atomic E-state index is 13.2. The number of amides is 2. The standard InChI is InChI=1S/C25H25ClN4O6/c1-3-11-27(12-4-2)20-10-7-18(26)16-21(20)28-13-14-29(24(32)23(28)31)22(25(33)34)15-17-5-8-19(9-6-17)30(35)36/h3-10,16,22H,1-2,11-15H2,(H,33,34). The van der Waals surface area contributed by atoms with Crippen LogP contribution >= 0.6 is 11.6 Å². The number of benzene rings is 2. The number of carbonyl (C=O) groups excluding carboxylic acids is 2. The predicted molar refractivity (Wildman–Crippen MR) is 136 cm³/mol. The highest BCUT2D eigenvalue weighted by Crippen LogP contribution is 2.34. The van der Waals surface area contributed by atoms with Crippen molar-refractivity contribution in [3.05, 3.63) is 88.5 Å². The SMILES string of the molecule is C=CCN(CC=C)c1ccc(Cl)cc1N1CCN(C(Cc2ccc([N+](=O)[O-])cc2)C(=O)O)C(=O)C1=O. The van der Waals surface area contributed by atoms with Gasteiger partial charge in [0.15, 0.2) is 0 Å². The highest BCUT2D eigenvalue weighted by atomic mass is 35.5. The van der Waals surface area contributed by atoms with E-state index in [0.29, 0.717) is 35.1 Å². The first-order valence-corrected chi connectivity index (χ1v) is 11.4. The molecule has 2 aromatic carbocycles. The molecule has 11 heteroatoms. The van der Waals surface area contributed by atoms with Gasteiger partial charge < -0.3 is 19.8 Å². The molecule has 1 atom stereocenters. The highest BCUT2D eigenvalue weighted by Gasteiger charge is 2.40. The molecule has 0 spiro atoms. The summed E-state index contributed by atoms with van der Waals surface area (Å²) in [7, 11) is 0. The molecule has 10 nitrogen and oxygen atoms in total. The number of halogens is 1. The number of nitro groups is 1. The van der Waals surface area contributed by atoms with E-state index in [1.807, 2.05) is 4.90 Å². The average molecular weight is 513 g/mol. The number of aliphatic carboxylic acids is 1. The Bertz CT molecular complexity index is 1190. The van der Waals surface area contributed by atoms with Crippen molar-refractivity contribution in [1.82, 2.24) is 4.90 Å². The summed E-state index contributed by atoms with van der Waals surface area (Å²) in [4.78, 5) is 52.9. The quantitative estimate of drug-likeness (QED) is 0.212. The molecule has 36 heavy (non-hydrogen) atoms. The Balaban J connectivity index is 1.87. The van der Waals surface area contributed by atoms with Crippen molar-refractivity contribution in [2.75, 3.05) is 36.0 Å². The number of nitrogens with zero attached hydrogens (tertiary/aromatic N) is 4. The van der Waals surface area contributed by atoms with Gasteiger partial charge in [-0.25, -0.2) is 4.79 Å². The fourth-order valence-electron chi connectivity index (χ4n) is 4.05. The summed E-state index contributed by atoms with van der Waals surface area (Å²) in [6.07, 6.45) is 3.28. The normalized spacial score (nSPS) is 14.4. The van der Waals surface area contributed by atoms with Crippen LogP contribution in [0.5, 0.6) is 0 Å². The van der Waals surface area contributed by atoms with E-state index in [1.165, 1.54) is 29.2 Å². The Morgan fingerprint density at radius 3 is 2.31 bits per heavy atom. The molecule has 0 radical (unpaired) electrons. The van der Waals surface area contributed by atoms with E-state index in [4.69, 9.17) is 11.6 Å². The van der Waals surface area contributed by atoms with Crippen LogP contribution in [-0.4, -0.2) is 64.9 Å². The van der Waals surface area contributed by atoms with Gasteiger partial charge in [-0.05, 0) is 23.8 Å². The molecule has 2 amide bonds. The van der Waals surface area contributed by atoms with Crippen molar-refractivity contribution in [3.63, 3.8) is 0 Å². The van der Waals surface area contributed by atoms with Crippen molar-refractivity contribution < 1.29 is 24.4 Å². The van der Waals surface area contributed by atoms with E-state index >= 15 is 0 Å². The molecule has 2 aromatic rings.